The van der Waals surface area contributed by atoms with Gasteiger partial charge >= 0.3 is 0 Å². The van der Waals surface area contributed by atoms with Crippen LogP contribution in [0.1, 0.15) is 26.2 Å². The summed E-state index contributed by atoms with van der Waals surface area (Å²) in [6.45, 7) is 2.82. The lowest BCUT2D eigenvalue weighted by Gasteiger charge is -2.42. The third kappa shape index (κ3) is 3.00. The number of nitro benzene ring substituents is 1. The van der Waals surface area contributed by atoms with Gasteiger partial charge in [-0.3, -0.25) is 10.1 Å². The molecule has 0 aromatic heterocycles. The fraction of sp³-hybridized carbons (Fsp3) is 0.538. The van der Waals surface area contributed by atoms with Crippen molar-refractivity contribution >= 4 is 34.0 Å². The topological polar surface area (TPSA) is 72.4 Å². The van der Waals surface area contributed by atoms with Crippen molar-refractivity contribution < 1.29 is 4.92 Å². The number of hydrogen-bond acceptors (Lipinski definition) is 4. The highest BCUT2D eigenvalue weighted by Crippen LogP contribution is 2.34. The molecule has 1 aromatic carbocycles. The van der Waals surface area contributed by atoms with Crippen LogP contribution in [0.15, 0.2) is 18.2 Å². The summed E-state index contributed by atoms with van der Waals surface area (Å²) in [5.74, 6) is 0. The molecular weight excluding hydrogens is 357 g/mol. The SMILES string of the molecule is CC1CCCC(CN)N1c1ccc([N+](=O)[O-])cc1I. The van der Waals surface area contributed by atoms with Gasteiger partial charge in [0.1, 0.15) is 0 Å². The number of halogens is 1. The van der Waals surface area contributed by atoms with E-state index in [1.54, 1.807) is 12.1 Å². The van der Waals surface area contributed by atoms with Crippen molar-refractivity contribution in [1.82, 2.24) is 0 Å². The van der Waals surface area contributed by atoms with Gasteiger partial charge in [0, 0.05) is 34.3 Å². The number of hydrogen-bond donors (Lipinski definition) is 1. The van der Waals surface area contributed by atoms with Crippen LogP contribution in [-0.2, 0) is 0 Å². The lowest BCUT2D eigenvalue weighted by molar-refractivity contribution is -0.384. The fourth-order valence-corrected chi connectivity index (χ4v) is 3.55. The minimum Gasteiger partial charge on any atom is -0.364 e. The van der Waals surface area contributed by atoms with E-state index in [0.717, 1.165) is 22.1 Å². The van der Waals surface area contributed by atoms with Crippen LogP contribution in [0, 0.1) is 13.7 Å². The predicted molar refractivity (Wildman–Crippen MR) is 84.4 cm³/mol. The van der Waals surface area contributed by atoms with Gasteiger partial charge in [-0.1, -0.05) is 0 Å². The number of rotatable bonds is 3. The Kier molecular flexibility index (Phi) is 4.62. The van der Waals surface area contributed by atoms with E-state index in [0.29, 0.717) is 18.6 Å². The maximum atomic E-state index is 10.8. The van der Waals surface area contributed by atoms with Crippen molar-refractivity contribution in [1.29, 1.82) is 0 Å². The van der Waals surface area contributed by atoms with E-state index in [1.165, 1.54) is 6.42 Å². The molecule has 2 unspecified atom stereocenters. The van der Waals surface area contributed by atoms with Crippen LogP contribution < -0.4 is 10.6 Å². The second-order valence-electron chi connectivity index (χ2n) is 4.97. The van der Waals surface area contributed by atoms with Gasteiger partial charge in [-0.15, -0.1) is 0 Å². The summed E-state index contributed by atoms with van der Waals surface area (Å²) in [4.78, 5) is 12.8. The summed E-state index contributed by atoms with van der Waals surface area (Å²) in [5.41, 5.74) is 7.07. The number of anilines is 1. The molecule has 6 heteroatoms. The van der Waals surface area contributed by atoms with Gasteiger partial charge in [0.25, 0.3) is 5.69 Å². The third-order valence-corrected chi connectivity index (χ3v) is 4.58. The van der Waals surface area contributed by atoms with Crippen LogP contribution in [0.25, 0.3) is 0 Å². The second kappa shape index (κ2) is 6.04. The summed E-state index contributed by atoms with van der Waals surface area (Å²) in [6.07, 6.45) is 3.43. The Morgan fingerprint density at radius 1 is 1.53 bits per heavy atom. The maximum Gasteiger partial charge on any atom is 0.270 e. The van der Waals surface area contributed by atoms with Gasteiger partial charge in [-0.2, -0.15) is 0 Å². The average Bonchev–Trinajstić information content (AvgIpc) is 2.38. The Bertz CT molecular complexity index is 481. The van der Waals surface area contributed by atoms with Gasteiger partial charge in [0.2, 0.25) is 0 Å². The molecule has 1 aromatic rings. The van der Waals surface area contributed by atoms with Crippen molar-refractivity contribution in [2.75, 3.05) is 11.4 Å². The van der Waals surface area contributed by atoms with Crippen molar-refractivity contribution in [3.63, 3.8) is 0 Å². The van der Waals surface area contributed by atoms with Crippen LogP contribution in [0.4, 0.5) is 11.4 Å². The first-order valence-corrected chi connectivity index (χ1v) is 7.54. The van der Waals surface area contributed by atoms with E-state index >= 15 is 0 Å². The lowest BCUT2D eigenvalue weighted by Crippen LogP contribution is -2.49. The number of nitrogens with zero attached hydrogens (tertiary/aromatic N) is 2. The highest BCUT2D eigenvalue weighted by molar-refractivity contribution is 14.1. The summed E-state index contributed by atoms with van der Waals surface area (Å²) >= 11 is 2.17. The van der Waals surface area contributed by atoms with E-state index in [2.05, 4.69) is 34.4 Å². The van der Waals surface area contributed by atoms with Crippen molar-refractivity contribution in [2.45, 2.75) is 38.3 Å². The molecule has 1 aliphatic heterocycles. The van der Waals surface area contributed by atoms with Gasteiger partial charge in [0.05, 0.1) is 10.6 Å². The third-order valence-electron chi connectivity index (χ3n) is 3.72. The monoisotopic (exact) mass is 375 g/mol. The first-order valence-electron chi connectivity index (χ1n) is 6.47. The zero-order valence-electron chi connectivity index (χ0n) is 10.9. The van der Waals surface area contributed by atoms with Crippen LogP contribution in [0.2, 0.25) is 0 Å². The van der Waals surface area contributed by atoms with Crippen LogP contribution in [-0.4, -0.2) is 23.6 Å². The minimum atomic E-state index is -0.355. The molecule has 1 saturated heterocycles. The van der Waals surface area contributed by atoms with E-state index in [9.17, 15) is 10.1 Å². The van der Waals surface area contributed by atoms with Gasteiger partial charge in [-0.05, 0) is 54.8 Å². The Morgan fingerprint density at radius 3 is 2.84 bits per heavy atom. The summed E-state index contributed by atoms with van der Waals surface area (Å²) in [5, 5.41) is 10.8. The molecule has 19 heavy (non-hydrogen) atoms. The number of nitrogens with two attached hydrogens (primary N) is 1. The summed E-state index contributed by atoms with van der Waals surface area (Å²) < 4.78 is 0.916. The Hall–Kier alpha value is -0.890. The zero-order valence-corrected chi connectivity index (χ0v) is 13.0. The smallest absolute Gasteiger partial charge is 0.270 e. The first-order chi connectivity index (χ1) is 9.04. The van der Waals surface area contributed by atoms with E-state index in [4.69, 9.17) is 5.73 Å². The molecule has 2 rings (SSSR count). The Balaban J connectivity index is 2.36. The lowest BCUT2D eigenvalue weighted by atomic mass is 9.95. The quantitative estimate of drug-likeness (QED) is 0.501. The normalized spacial score (nSPS) is 23.4. The molecule has 1 fully saturated rings. The zero-order chi connectivity index (χ0) is 14.0. The summed E-state index contributed by atoms with van der Waals surface area (Å²) in [7, 11) is 0. The number of nitro groups is 1. The van der Waals surface area contributed by atoms with Crippen LogP contribution in [0.5, 0.6) is 0 Å². The Morgan fingerprint density at radius 2 is 2.26 bits per heavy atom. The van der Waals surface area contributed by atoms with E-state index in [1.807, 2.05) is 6.07 Å². The molecule has 1 aliphatic rings. The van der Waals surface area contributed by atoms with Gasteiger partial charge < -0.3 is 10.6 Å². The summed E-state index contributed by atoms with van der Waals surface area (Å²) in [6, 6.07) is 5.82. The molecule has 0 aliphatic carbocycles. The Labute approximate surface area is 126 Å². The first kappa shape index (κ1) is 14.5. The molecule has 2 atom stereocenters. The number of piperidine rings is 1. The molecule has 0 saturated carbocycles. The second-order valence-corrected chi connectivity index (χ2v) is 6.13. The van der Waals surface area contributed by atoms with Crippen LogP contribution in [0.3, 0.4) is 0 Å². The predicted octanol–water partition coefficient (Wildman–Crippen LogP) is 2.91. The van der Waals surface area contributed by atoms with Crippen molar-refractivity contribution in [2.24, 2.45) is 5.73 Å². The molecular formula is C13H18IN3O2. The van der Waals surface area contributed by atoms with Crippen molar-refractivity contribution in [3.05, 3.63) is 31.9 Å². The maximum absolute atomic E-state index is 10.8. The largest absolute Gasteiger partial charge is 0.364 e. The minimum absolute atomic E-state index is 0.141. The molecule has 0 spiro atoms. The molecule has 2 N–H and O–H groups in total. The van der Waals surface area contributed by atoms with Gasteiger partial charge in [0.15, 0.2) is 0 Å². The highest BCUT2D eigenvalue weighted by Gasteiger charge is 2.28. The van der Waals surface area contributed by atoms with Crippen molar-refractivity contribution in [3.8, 4) is 0 Å². The van der Waals surface area contributed by atoms with Gasteiger partial charge in [-0.25, -0.2) is 0 Å². The van der Waals surface area contributed by atoms with Crippen LogP contribution >= 0.6 is 22.6 Å². The number of non-ortho nitro benzene ring substituents is 1. The molecule has 5 nitrogen and oxygen atoms in total. The standard InChI is InChI=1S/C13H18IN3O2/c1-9-3-2-4-11(8-15)16(9)13-6-5-10(17(18)19)7-12(13)14/h5-7,9,11H,2-4,8,15H2,1H3. The average molecular weight is 375 g/mol. The highest BCUT2D eigenvalue weighted by atomic mass is 127. The molecule has 0 amide bonds. The fourth-order valence-electron chi connectivity index (χ4n) is 2.77. The molecule has 104 valence electrons. The molecule has 0 bridgehead atoms. The van der Waals surface area contributed by atoms with E-state index < -0.39 is 0 Å². The molecule has 1 heterocycles. The molecule has 0 radical (unpaired) electrons. The number of benzene rings is 1. The van der Waals surface area contributed by atoms with E-state index in [-0.39, 0.29) is 10.6 Å².